The number of unbranched alkanes of at least 4 members (excludes halogenated alkanes) is 1. The van der Waals surface area contributed by atoms with Gasteiger partial charge in [0, 0.05) is 6.04 Å². The minimum atomic E-state index is -3.15. The molecule has 1 aliphatic rings. The molecule has 1 aliphatic heterocycles. The van der Waals surface area contributed by atoms with E-state index < -0.39 is 15.8 Å². The highest BCUT2D eigenvalue weighted by Gasteiger charge is 2.18. The van der Waals surface area contributed by atoms with Crippen LogP contribution < -0.4 is 5.32 Å². The van der Waals surface area contributed by atoms with Gasteiger partial charge in [0.25, 0.3) is 0 Å². The predicted molar refractivity (Wildman–Crippen MR) is 79.4 cm³/mol. The monoisotopic (exact) mass is 305 g/mol. The van der Waals surface area contributed by atoms with Crippen LogP contribution in [0.3, 0.4) is 0 Å². The Kier molecular flexibility index (Phi) is 8.14. The first kappa shape index (κ1) is 17.4. The van der Waals surface area contributed by atoms with Crippen molar-refractivity contribution in [1.82, 2.24) is 5.32 Å². The van der Waals surface area contributed by atoms with Crippen LogP contribution >= 0.6 is 0 Å². The van der Waals surface area contributed by atoms with Crippen LogP contribution in [0.15, 0.2) is 0 Å². The summed E-state index contributed by atoms with van der Waals surface area (Å²) < 4.78 is 28.7. The number of carbonyl (C=O) groups is 1. The maximum Gasteiger partial charge on any atom is 0.306 e. The van der Waals surface area contributed by atoms with Crippen LogP contribution in [0, 0.1) is 0 Å². The Labute approximate surface area is 122 Å². The predicted octanol–water partition coefficient (Wildman–Crippen LogP) is 1.67. The number of nitrogens with one attached hydrogen (secondary N) is 1. The highest BCUT2D eigenvalue weighted by Crippen LogP contribution is 2.11. The Morgan fingerprint density at radius 1 is 1.30 bits per heavy atom. The number of carbonyl (C=O) groups excluding carboxylic acids is 1. The molecule has 1 fully saturated rings. The Balaban J connectivity index is 2.18. The van der Waals surface area contributed by atoms with Gasteiger partial charge >= 0.3 is 5.97 Å². The summed E-state index contributed by atoms with van der Waals surface area (Å²) in [5.41, 5.74) is 0. The molecule has 1 N–H and O–H groups in total. The fourth-order valence-electron chi connectivity index (χ4n) is 2.24. The molecule has 0 aromatic carbocycles. The molecule has 0 bridgehead atoms. The van der Waals surface area contributed by atoms with Gasteiger partial charge in [-0.15, -0.1) is 0 Å². The van der Waals surface area contributed by atoms with Gasteiger partial charge in [-0.25, -0.2) is 8.42 Å². The minimum absolute atomic E-state index is 0.0237. The van der Waals surface area contributed by atoms with E-state index in [-0.39, 0.29) is 17.9 Å². The van der Waals surface area contributed by atoms with E-state index in [0.717, 1.165) is 25.8 Å². The van der Waals surface area contributed by atoms with Crippen LogP contribution in [0.2, 0.25) is 0 Å². The largest absolute Gasteiger partial charge is 0.466 e. The normalized spacial score (nSPS) is 19.8. The Hall–Kier alpha value is -0.620. The lowest BCUT2D eigenvalue weighted by molar-refractivity contribution is -0.143. The van der Waals surface area contributed by atoms with E-state index in [4.69, 9.17) is 4.74 Å². The molecule has 118 valence electrons. The molecule has 0 aliphatic carbocycles. The van der Waals surface area contributed by atoms with E-state index >= 15 is 0 Å². The summed E-state index contributed by atoms with van der Waals surface area (Å²) in [6.45, 7) is 3.38. The SMILES string of the molecule is CCCCOC(=O)CCS(=O)(=O)CCC1CCCCN1. The summed E-state index contributed by atoms with van der Waals surface area (Å²) in [5, 5.41) is 3.33. The van der Waals surface area contributed by atoms with Crippen molar-refractivity contribution in [1.29, 1.82) is 0 Å². The first-order valence-electron chi connectivity index (χ1n) is 7.63. The van der Waals surface area contributed by atoms with Gasteiger partial charge in [-0.05, 0) is 32.2 Å². The van der Waals surface area contributed by atoms with Gasteiger partial charge in [-0.1, -0.05) is 19.8 Å². The van der Waals surface area contributed by atoms with Gasteiger partial charge in [-0.3, -0.25) is 4.79 Å². The molecule has 0 radical (unpaired) electrons. The van der Waals surface area contributed by atoms with Crippen molar-refractivity contribution in [2.75, 3.05) is 24.7 Å². The number of hydrogen-bond donors (Lipinski definition) is 1. The molecule has 1 saturated heterocycles. The molecule has 0 aromatic heterocycles. The zero-order valence-electron chi connectivity index (χ0n) is 12.4. The van der Waals surface area contributed by atoms with Crippen LogP contribution in [0.5, 0.6) is 0 Å². The summed E-state index contributed by atoms with van der Waals surface area (Å²) in [7, 11) is -3.15. The summed E-state index contributed by atoms with van der Waals surface area (Å²) in [6.07, 6.45) is 5.80. The molecule has 1 heterocycles. The molecule has 6 heteroatoms. The van der Waals surface area contributed by atoms with E-state index in [0.29, 0.717) is 19.1 Å². The lowest BCUT2D eigenvalue weighted by Crippen LogP contribution is -2.35. The van der Waals surface area contributed by atoms with Crippen LogP contribution in [0.1, 0.15) is 51.9 Å². The maximum absolute atomic E-state index is 11.9. The first-order chi connectivity index (χ1) is 9.53. The molecule has 20 heavy (non-hydrogen) atoms. The van der Waals surface area contributed by atoms with Gasteiger partial charge in [0.2, 0.25) is 0 Å². The topological polar surface area (TPSA) is 72.5 Å². The van der Waals surface area contributed by atoms with Crippen molar-refractivity contribution in [2.45, 2.75) is 57.9 Å². The minimum Gasteiger partial charge on any atom is -0.466 e. The summed E-state index contributed by atoms with van der Waals surface area (Å²) >= 11 is 0. The van der Waals surface area contributed by atoms with Crippen molar-refractivity contribution in [3.05, 3.63) is 0 Å². The molecule has 0 saturated carbocycles. The standard InChI is InChI=1S/C14H27NO4S/c1-2-3-10-19-14(16)8-12-20(17,18)11-7-13-6-4-5-9-15-13/h13,15H,2-12H2,1H3. The van der Waals surface area contributed by atoms with Crippen molar-refractivity contribution in [3.63, 3.8) is 0 Å². The summed E-state index contributed by atoms with van der Waals surface area (Å²) in [6, 6.07) is 0.315. The molecule has 0 aromatic rings. The summed E-state index contributed by atoms with van der Waals surface area (Å²) in [4.78, 5) is 11.4. The number of rotatable bonds is 9. The van der Waals surface area contributed by atoms with Crippen molar-refractivity contribution in [3.8, 4) is 0 Å². The Morgan fingerprint density at radius 2 is 2.10 bits per heavy atom. The molecular weight excluding hydrogens is 278 g/mol. The molecule has 0 spiro atoms. The fraction of sp³-hybridized carbons (Fsp3) is 0.929. The molecule has 1 rings (SSSR count). The van der Waals surface area contributed by atoms with E-state index in [1.165, 1.54) is 12.8 Å². The highest BCUT2D eigenvalue weighted by atomic mass is 32.2. The van der Waals surface area contributed by atoms with Crippen LogP contribution in [0.4, 0.5) is 0 Å². The third kappa shape index (κ3) is 7.85. The van der Waals surface area contributed by atoms with E-state index in [9.17, 15) is 13.2 Å². The smallest absolute Gasteiger partial charge is 0.306 e. The van der Waals surface area contributed by atoms with Crippen molar-refractivity contribution < 1.29 is 17.9 Å². The molecule has 1 atom stereocenters. The average Bonchev–Trinajstić information content (AvgIpc) is 2.45. The third-order valence-corrected chi connectivity index (χ3v) is 5.25. The van der Waals surface area contributed by atoms with E-state index in [1.807, 2.05) is 6.92 Å². The molecule has 1 unspecified atom stereocenters. The van der Waals surface area contributed by atoms with Gasteiger partial charge < -0.3 is 10.1 Å². The quantitative estimate of drug-likeness (QED) is 0.518. The zero-order valence-corrected chi connectivity index (χ0v) is 13.2. The average molecular weight is 305 g/mol. The molecular formula is C14H27NO4S. The van der Waals surface area contributed by atoms with Gasteiger partial charge in [0.1, 0.15) is 0 Å². The second-order valence-electron chi connectivity index (χ2n) is 5.41. The number of sulfone groups is 1. The van der Waals surface area contributed by atoms with Gasteiger partial charge in [0.15, 0.2) is 9.84 Å². The fourth-order valence-corrected chi connectivity index (χ4v) is 3.56. The number of hydrogen-bond acceptors (Lipinski definition) is 5. The zero-order chi connectivity index (χ0) is 14.8. The van der Waals surface area contributed by atoms with Crippen molar-refractivity contribution in [2.24, 2.45) is 0 Å². The maximum atomic E-state index is 11.9. The number of piperidine rings is 1. The number of ether oxygens (including phenoxy) is 1. The molecule has 5 nitrogen and oxygen atoms in total. The lowest BCUT2D eigenvalue weighted by atomic mass is 10.0. The first-order valence-corrected chi connectivity index (χ1v) is 9.45. The Morgan fingerprint density at radius 3 is 2.75 bits per heavy atom. The second-order valence-corrected chi connectivity index (χ2v) is 7.71. The van der Waals surface area contributed by atoms with Gasteiger partial charge in [-0.2, -0.15) is 0 Å². The second kappa shape index (κ2) is 9.34. The summed E-state index contributed by atoms with van der Waals surface area (Å²) in [5.74, 6) is -0.338. The highest BCUT2D eigenvalue weighted by molar-refractivity contribution is 7.91. The van der Waals surface area contributed by atoms with Crippen LogP contribution in [0.25, 0.3) is 0 Å². The van der Waals surface area contributed by atoms with E-state index in [1.54, 1.807) is 0 Å². The Bertz CT molecular complexity index is 375. The van der Waals surface area contributed by atoms with E-state index in [2.05, 4.69) is 5.32 Å². The van der Waals surface area contributed by atoms with Crippen molar-refractivity contribution >= 4 is 15.8 Å². The molecule has 0 amide bonds. The van der Waals surface area contributed by atoms with Crippen LogP contribution in [-0.2, 0) is 19.4 Å². The lowest BCUT2D eigenvalue weighted by Gasteiger charge is -2.23. The third-order valence-electron chi connectivity index (χ3n) is 3.57. The number of esters is 1. The van der Waals surface area contributed by atoms with Crippen LogP contribution in [-0.4, -0.2) is 45.1 Å². The van der Waals surface area contributed by atoms with Gasteiger partial charge in [0.05, 0.1) is 24.5 Å².